The smallest absolute Gasteiger partial charge is 0.136 e. The molecule has 1 nitrogen and oxygen atoms in total. The Balaban J connectivity index is 2.51. The Bertz CT molecular complexity index is 601. The number of hydrogen-bond acceptors (Lipinski definition) is 2. The van der Waals surface area contributed by atoms with Gasteiger partial charge in [0.05, 0.1) is 0 Å². The maximum Gasteiger partial charge on any atom is 0.136 e. The van der Waals surface area contributed by atoms with E-state index in [1.807, 2.05) is 30.3 Å². The van der Waals surface area contributed by atoms with Crippen LogP contribution >= 0.6 is 28.6 Å². The van der Waals surface area contributed by atoms with Gasteiger partial charge in [-0.15, -0.1) is 12.6 Å². The van der Waals surface area contributed by atoms with Crippen molar-refractivity contribution < 1.29 is 4.42 Å². The highest BCUT2D eigenvalue weighted by Crippen LogP contribution is 2.31. The zero-order valence-electron chi connectivity index (χ0n) is 7.70. The molecule has 0 radical (unpaired) electrons. The summed E-state index contributed by atoms with van der Waals surface area (Å²) < 4.78 is 6.76. The van der Waals surface area contributed by atoms with Crippen LogP contribution < -0.4 is 0 Å². The van der Waals surface area contributed by atoms with Gasteiger partial charge in [-0.1, -0.05) is 15.9 Å². The summed E-state index contributed by atoms with van der Waals surface area (Å²) in [5.74, 6) is 0. The molecule has 1 heterocycles. The fourth-order valence-electron chi connectivity index (χ4n) is 1.74. The number of fused-ring (bicyclic) bond motifs is 3. The van der Waals surface area contributed by atoms with Crippen LogP contribution in [0, 0.1) is 0 Å². The van der Waals surface area contributed by atoms with Gasteiger partial charge in [-0.2, -0.15) is 0 Å². The number of hydrogen-bond donors (Lipinski definition) is 1. The lowest BCUT2D eigenvalue weighted by molar-refractivity contribution is 0.667. The van der Waals surface area contributed by atoms with Gasteiger partial charge in [0.2, 0.25) is 0 Å². The van der Waals surface area contributed by atoms with Gasteiger partial charge in [0.15, 0.2) is 0 Å². The average molecular weight is 279 g/mol. The summed E-state index contributed by atoms with van der Waals surface area (Å²) >= 11 is 7.72. The molecule has 0 saturated carbocycles. The van der Waals surface area contributed by atoms with Crippen LogP contribution in [0.2, 0.25) is 0 Å². The normalized spacial score (nSPS) is 11.3. The van der Waals surface area contributed by atoms with Crippen LogP contribution in [0.1, 0.15) is 0 Å². The quantitative estimate of drug-likeness (QED) is 0.592. The monoisotopic (exact) mass is 278 g/mol. The van der Waals surface area contributed by atoms with Crippen LogP contribution in [0.4, 0.5) is 0 Å². The molecule has 0 amide bonds. The number of halogens is 1. The molecule has 3 rings (SSSR count). The summed E-state index contributed by atoms with van der Waals surface area (Å²) in [7, 11) is 0. The van der Waals surface area contributed by atoms with Gasteiger partial charge in [-0.3, -0.25) is 0 Å². The van der Waals surface area contributed by atoms with E-state index in [0.717, 1.165) is 31.3 Å². The number of furan rings is 1. The molecule has 3 heteroatoms. The largest absolute Gasteiger partial charge is 0.456 e. The highest BCUT2D eigenvalue weighted by molar-refractivity contribution is 9.10. The molecule has 0 spiro atoms. The van der Waals surface area contributed by atoms with E-state index < -0.39 is 0 Å². The number of thiol groups is 1. The average Bonchev–Trinajstić information content (AvgIpc) is 2.53. The first-order chi connectivity index (χ1) is 7.24. The first kappa shape index (κ1) is 9.31. The molecule has 3 aromatic rings. The molecule has 15 heavy (non-hydrogen) atoms. The molecule has 2 aromatic carbocycles. The second kappa shape index (κ2) is 3.29. The molecule has 0 fully saturated rings. The molecule has 0 N–H and O–H groups in total. The first-order valence-electron chi connectivity index (χ1n) is 4.55. The number of rotatable bonds is 0. The van der Waals surface area contributed by atoms with E-state index in [-0.39, 0.29) is 0 Å². The minimum absolute atomic E-state index is 0.885. The third kappa shape index (κ3) is 1.46. The van der Waals surface area contributed by atoms with Gasteiger partial charge < -0.3 is 4.42 Å². The Morgan fingerprint density at radius 1 is 0.933 bits per heavy atom. The summed E-state index contributed by atoms with van der Waals surface area (Å²) in [5, 5.41) is 2.27. The molecule has 0 atom stereocenters. The second-order valence-corrected chi connectivity index (χ2v) is 4.86. The lowest BCUT2D eigenvalue weighted by Gasteiger charge is -1.90. The van der Waals surface area contributed by atoms with E-state index >= 15 is 0 Å². The molecule has 74 valence electrons. The molecule has 0 aliphatic carbocycles. The van der Waals surface area contributed by atoms with Crippen LogP contribution in [0.25, 0.3) is 21.9 Å². The van der Waals surface area contributed by atoms with E-state index in [4.69, 9.17) is 4.42 Å². The molecule has 0 aliphatic rings. The molecule has 0 bridgehead atoms. The molecular formula is C12H7BrOS. The highest BCUT2D eigenvalue weighted by Gasteiger charge is 2.06. The van der Waals surface area contributed by atoms with Crippen molar-refractivity contribution in [3.05, 3.63) is 40.9 Å². The Kier molecular flexibility index (Phi) is 2.04. The van der Waals surface area contributed by atoms with Gasteiger partial charge in [0.25, 0.3) is 0 Å². The molecule has 0 aliphatic heterocycles. The first-order valence-corrected chi connectivity index (χ1v) is 5.79. The second-order valence-electron chi connectivity index (χ2n) is 3.42. The maximum atomic E-state index is 5.74. The van der Waals surface area contributed by atoms with Crippen molar-refractivity contribution in [2.24, 2.45) is 0 Å². The zero-order valence-corrected chi connectivity index (χ0v) is 10.2. The van der Waals surface area contributed by atoms with Crippen LogP contribution in [-0.4, -0.2) is 0 Å². The SMILES string of the molecule is Sc1ccc2c(c1)oc1cc(Br)ccc12. The van der Waals surface area contributed by atoms with Gasteiger partial charge in [-0.05, 0) is 36.4 Å². The molecular weight excluding hydrogens is 272 g/mol. The fourth-order valence-corrected chi connectivity index (χ4v) is 2.27. The van der Waals surface area contributed by atoms with Crippen molar-refractivity contribution in [3.8, 4) is 0 Å². The van der Waals surface area contributed by atoms with Crippen molar-refractivity contribution in [2.75, 3.05) is 0 Å². The third-order valence-corrected chi connectivity index (χ3v) is 3.19. The van der Waals surface area contributed by atoms with Crippen LogP contribution in [0.3, 0.4) is 0 Å². The van der Waals surface area contributed by atoms with Crippen LogP contribution in [0.5, 0.6) is 0 Å². The van der Waals surface area contributed by atoms with Crippen molar-refractivity contribution >= 4 is 50.5 Å². The summed E-state index contributed by atoms with van der Waals surface area (Å²) in [6.07, 6.45) is 0. The third-order valence-electron chi connectivity index (χ3n) is 2.42. The van der Waals surface area contributed by atoms with Crippen molar-refractivity contribution in [1.82, 2.24) is 0 Å². The molecule has 0 unspecified atom stereocenters. The topological polar surface area (TPSA) is 13.1 Å². The van der Waals surface area contributed by atoms with Crippen molar-refractivity contribution in [3.63, 3.8) is 0 Å². The summed E-state index contributed by atoms with van der Waals surface area (Å²) in [4.78, 5) is 0.917. The van der Waals surface area contributed by atoms with E-state index in [1.54, 1.807) is 0 Å². The summed E-state index contributed by atoms with van der Waals surface area (Å²) in [6, 6.07) is 12.0. The minimum atomic E-state index is 0.885. The predicted octanol–water partition coefficient (Wildman–Crippen LogP) is 4.64. The Morgan fingerprint density at radius 3 is 2.40 bits per heavy atom. The summed E-state index contributed by atoms with van der Waals surface area (Å²) in [5.41, 5.74) is 1.79. The lowest BCUT2D eigenvalue weighted by Crippen LogP contribution is -1.67. The van der Waals surface area contributed by atoms with E-state index in [0.29, 0.717) is 0 Å². The van der Waals surface area contributed by atoms with E-state index in [2.05, 4.69) is 34.6 Å². The molecule has 0 saturated heterocycles. The lowest BCUT2D eigenvalue weighted by atomic mass is 10.1. The number of benzene rings is 2. The fraction of sp³-hybridized carbons (Fsp3) is 0. The molecule has 1 aromatic heterocycles. The van der Waals surface area contributed by atoms with E-state index in [9.17, 15) is 0 Å². The van der Waals surface area contributed by atoms with E-state index in [1.165, 1.54) is 0 Å². The zero-order chi connectivity index (χ0) is 10.4. The predicted molar refractivity (Wildman–Crippen MR) is 68.7 cm³/mol. The van der Waals surface area contributed by atoms with Gasteiger partial charge >= 0.3 is 0 Å². The van der Waals surface area contributed by atoms with Crippen molar-refractivity contribution in [1.29, 1.82) is 0 Å². The minimum Gasteiger partial charge on any atom is -0.456 e. The van der Waals surface area contributed by atoms with Crippen LogP contribution in [0.15, 0.2) is 50.2 Å². The van der Waals surface area contributed by atoms with Gasteiger partial charge in [0.1, 0.15) is 11.2 Å². The maximum absolute atomic E-state index is 5.74. The van der Waals surface area contributed by atoms with Crippen LogP contribution in [-0.2, 0) is 0 Å². The highest BCUT2D eigenvalue weighted by atomic mass is 79.9. The van der Waals surface area contributed by atoms with Gasteiger partial charge in [0, 0.05) is 20.1 Å². The standard InChI is InChI=1S/C12H7BrOS/c13-7-1-3-9-10-4-2-8(15)6-12(10)14-11(9)5-7/h1-6,15H. The Hall–Kier alpha value is -0.930. The Morgan fingerprint density at radius 2 is 1.60 bits per heavy atom. The summed E-state index contributed by atoms with van der Waals surface area (Å²) in [6.45, 7) is 0. The van der Waals surface area contributed by atoms with Crippen molar-refractivity contribution in [2.45, 2.75) is 4.90 Å². The van der Waals surface area contributed by atoms with Gasteiger partial charge in [-0.25, -0.2) is 0 Å². The Labute approximate surface area is 101 Å².